The number of methoxy groups -OCH3 is 1. The van der Waals surface area contributed by atoms with E-state index in [9.17, 15) is 14.3 Å². The quantitative estimate of drug-likeness (QED) is 0.786. The molecule has 1 fully saturated rings. The summed E-state index contributed by atoms with van der Waals surface area (Å²) in [5, 5.41) is 11.0. The smallest absolute Gasteiger partial charge is 0.410 e. The molecular formula is C20H22FNO5. The van der Waals surface area contributed by atoms with E-state index in [4.69, 9.17) is 14.2 Å². The molecule has 1 atom stereocenters. The number of carbonyl (C=O) groups excluding carboxylic acids is 1. The zero-order valence-corrected chi connectivity index (χ0v) is 15.1. The molecule has 0 spiro atoms. The lowest BCUT2D eigenvalue weighted by molar-refractivity contribution is 0.0251. The second kappa shape index (κ2) is 8.37. The lowest BCUT2D eigenvalue weighted by Crippen LogP contribution is -2.35. The Labute approximate surface area is 157 Å². The Morgan fingerprint density at radius 3 is 2.78 bits per heavy atom. The summed E-state index contributed by atoms with van der Waals surface area (Å²) < 4.78 is 29.1. The van der Waals surface area contributed by atoms with Gasteiger partial charge in [-0.05, 0) is 24.1 Å². The lowest BCUT2D eigenvalue weighted by Gasteiger charge is -2.26. The average Bonchev–Trinajstić information content (AvgIpc) is 3.08. The first kappa shape index (κ1) is 19.1. The number of likely N-dealkylation sites (tertiary alicyclic amines) is 1. The standard InChI is InChI=1S/C20H22FNO5/c1-25-14-27-18-11-16(21)7-8-17(18)20(24)9-10-22(13-20)19(23)26-12-15-5-3-2-4-6-15/h2-8,11,24H,9-10,12-14H2,1H3. The van der Waals surface area contributed by atoms with Crippen molar-refractivity contribution in [1.29, 1.82) is 0 Å². The van der Waals surface area contributed by atoms with Crippen LogP contribution in [-0.4, -0.2) is 43.1 Å². The van der Waals surface area contributed by atoms with Crippen molar-refractivity contribution >= 4 is 6.09 Å². The van der Waals surface area contributed by atoms with E-state index in [1.165, 1.54) is 30.2 Å². The highest BCUT2D eigenvalue weighted by atomic mass is 19.1. The Bertz CT molecular complexity index is 785. The number of hydrogen-bond donors (Lipinski definition) is 1. The molecular weight excluding hydrogens is 353 g/mol. The van der Waals surface area contributed by atoms with Gasteiger partial charge in [-0.3, -0.25) is 0 Å². The van der Waals surface area contributed by atoms with Crippen molar-refractivity contribution in [2.24, 2.45) is 0 Å². The number of carbonyl (C=O) groups is 1. The highest BCUT2D eigenvalue weighted by molar-refractivity contribution is 5.68. The minimum absolute atomic E-state index is 0.0373. The third-order valence-corrected chi connectivity index (χ3v) is 4.49. The van der Waals surface area contributed by atoms with Gasteiger partial charge in [-0.25, -0.2) is 9.18 Å². The molecule has 1 aliphatic heterocycles. The van der Waals surface area contributed by atoms with E-state index in [0.29, 0.717) is 18.5 Å². The zero-order valence-electron chi connectivity index (χ0n) is 15.1. The number of β-amino-alcohol motifs (C(OH)–C–C–N with tert-alkyl or cyclic N) is 1. The number of amides is 1. The number of hydrogen-bond acceptors (Lipinski definition) is 5. The summed E-state index contributed by atoms with van der Waals surface area (Å²) in [6, 6.07) is 13.3. The van der Waals surface area contributed by atoms with Gasteiger partial charge in [0.2, 0.25) is 0 Å². The molecule has 0 aliphatic carbocycles. The van der Waals surface area contributed by atoms with Gasteiger partial charge in [-0.1, -0.05) is 30.3 Å². The van der Waals surface area contributed by atoms with Gasteiger partial charge in [0.1, 0.15) is 23.8 Å². The van der Waals surface area contributed by atoms with Gasteiger partial charge in [0.25, 0.3) is 0 Å². The summed E-state index contributed by atoms with van der Waals surface area (Å²) in [4.78, 5) is 13.8. The second-order valence-corrected chi connectivity index (χ2v) is 6.43. The first-order valence-corrected chi connectivity index (χ1v) is 8.61. The maximum absolute atomic E-state index is 13.6. The summed E-state index contributed by atoms with van der Waals surface area (Å²) in [6.45, 7) is 0.448. The fourth-order valence-electron chi connectivity index (χ4n) is 3.10. The molecule has 0 radical (unpaired) electrons. The van der Waals surface area contributed by atoms with Crippen molar-refractivity contribution < 1.29 is 28.5 Å². The topological polar surface area (TPSA) is 68.2 Å². The molecule has 144 valence electrons. The van der Waals surface area contributed by atoms with Crippen LogP contribution in [0.4, 0.5) is 9.18 Å². The van der Waals surface area contributed by atoms with Crippen LogP contribution in [0.15, 0.2) is 48.5 Å². The van der Waals surface area contributed by atoms with Gasteiger partial charge >= 0.3 is 6.09 Å². The van der Waals surface area contributed by atoms with Crippen LogP contribution in [0.2, 0.25) is 0 Å². The SMILES string of the molecule is COCOc1cc(F)ccc1C1(O)CCN(C(=O)OCc2ccccc2)C1. The maximum Gasteiger partial charge on any atom is 0.410 e. The van der Waals surface area contributed by atoms with Crippen LogP contribution in [0.3, 0.4) is 0 Å². The van der Waals surface area contributed by atoms with E-state index >= 15 is 0 Å². The van der Waals surface area contributed by atoms with Crippen molar-refractivity contribution in [2.75, 3.05) is 27.0 Å². The summed E-state index contributed by atoms with van der Waals surface area (Å²) in [5.41, 5.74) is -0.0453. The molecule has 0 saturated carbocycles. The normalized spacial score (nSPS) is 19.1. The van der Waals surface area contributed by atoms with Crippen molar-refractivity contribution in [2.45, 2.75) is 18.6 Å². The van der Waals surface area contributed by atoms with Crippen molar-refractivity contribution in [3.8, 4) is 5.75 Å². The Balaban J connectivity index is 1.67. The molecule has 1 amide bonds. The fourth-order valence-corrected chi connectivity index (χ4v) is 3.10. The minimum Gasteiger partial charge on any atom is -0.467 e. The second-order valence-electron chi connectivity index (χ2n) is 6.43. The van der Waals surface area contributed by atoms with Gasteiger partial charge in [-0.15, -0.1) is 0 Å². The highest BCUT2D eigenvalue weighted by Gasteiger charge is 2.42. The van der Waals surface area contributed by atoms with Crippen LogP contribution in [0.25, 0.3) is 0 Å². The van der Waals surface area contributed by atoms with Gasteiger partial charge < -0.3 is 24.2 Å². The summed E-state index contributed by atoms with van der Waals surface area (Å²) in [5.74, 6) is -0.288. The van der Waals surface area contributed by atoms with Crippen LogP contribution >= 0.6 is 0 Å². The molecule has 1 unspecified atom stereocenters. The molecule has 0 bridgehead atoms. The molecule has 2 aromatic rings. The van der Waals surface area contributed by atoms with E-state index in [2.05, 4.69) is 0 Å². The van der Waals surface area contributed by atoms with Gasteiger partial charge in [0, 0.05) is 25.3 Å². The van der Waals surface area contributed by atoms with Crippen LogP contribution in [0, 0.1) is 5.82 Å². The molecule has 2 aromatic carbocycles. The number of halogens is 1. The molecule has 1 N–H and O–H groups in total. The zero-order chi connectivity index (χ0) is 19.3. The molecule has 1 heterocycles. The minimum atomic E-state index is -1.34. The highest BCUT2D eigenvalue weighted by Crippen LogP contribution is 2.38. The van der Waals surface area contributed by atoms with Crippen LogP contribution in [0.5, 0.6) is 5.75 Å². The Morgan fingerprint density at radius 1 is 1.26 bits per heavy atom. The summed E-state index contributed by atoms with van der Waals surface area (Å²) in [7, 11) is 1.45. The lowest BCUT2D eigenvalue weighted by atomic mass is 9.92. The molecule has 27 heavy (non-hydrogen) atoms. The number of benzene rings is 2. The fraction of sp³-hybridized carbons (Fsp3) is 0.350. The van der Waals surface area contributed by atoms with E-state index in [1.807, 2.05) is 30.3 Å². The summed E-state index contributed by atoms with van der Waals surface area (Å²) in [6.07, 6.45) is -0.209. The van der Waals surface area contributed by atoms with Crippen molar-refractivity contribution in [3.63, 3.8) is 0 Å². The number of ether oxygens (including phenoxy) is 3. The Kier molecular flexibility index (Phi) is 5.93. The monoisotopic (exact) mass is 375 g/mol. The molecule has 7 heteroatoms. The molecule has 1 aliphatic rings. The van der Waals surface area contributed by atoms with Gasteiger partial charge in [0.05, 0.1) is 6.54 Å². The van der Waals surface area contributed by atoms with E-state index in [-0.39, 0.29) is 25.7 Å². The molecule has 0 aromatic heterocycles. The van der Waals surface area contributed by atoms with E-state index < -0.39 is 17.5 Å². The van der Waals surface area contributed by atoms with Crippen LogP contribution in [-0.2, 0) is 21.7 Å². The van der Waals surface area contributed by atoms with Gasteiger partial charge in [-0.2, -0.15) is 0 Å². The first-order valence-electron chi connectivity index (χ1n) is 8.61. The third-order valence-electron chi connectivity index (χ3n) is 4.49. The van der Waals surface area contributed by atoms with E-state index in [1.54, 1.807) is 0 Å². The largest absolute Gasteiger partial charge is 0.467 e. The maximum atomic E-state index is 13.6. The molecule has 3 rings (SSSR count). The predicted octanol–water partition coefficient (Wildman–Crippen LogP) is 3.04. The summed E-state index contributed by atoms with van der Waals surface area (Å²) >= 11 is 0. The van der Waals surface area contributed by atoms with Crippen molar-refractivity contribution in [3.05, 3.63) is 65.5 Å². The number of nitrogens with zero attached hydrogens (tertiary/aromatic N) is 1. The number of aliphatic hydroxyl groups is 1. The van der Waals surface area contributed by atoms with Gasteiger partial charge in [0.15, 0.2) is 6.79 Å². The first-order chi connectivity index (χ1) is 13.0. The predicted molar refractivity (Wildman–Crippen MR) is 95.6 cm³/mol. The average molecular weight is 375 g/mol. The van der Waals surface area contributed by atoms with Crippen LogP contribution < -0.4 is 4.74 Å². The Hall–Kier alpha value is -2.64. The molecule has 1 saturated heterocycles. The number of rotatable bonds is 6. The van der Waals surface area contributed by atoms with Crippen molar-refractivity contribution in [1.82, 2.24) is 4.90 Å². The third kappa shape index (κ3) is 4.56. The van der Waals surface area contributed by atoms with Crippen LogP contribution in [0.1, 0.15) is 17.5 Å². The Morgan fingerprint density at radius 2 is 2.04 bits per heavy atom. The molecule has 6 nitrogen and oxygen atoms in total. The van der Waals surface area contributed by atoms with E-state index in [0.717, 1.165) is 5.56 Å².